The molecule has 1 saturated heterocycles. The Morgan fingerprint density at radius 1 is 1.25 bits per heavy atom. The van der Waals surface area contributed by atoms with Gasteiger partial charge in [-0.1, -0.05) is 25.1 Å². The monoisotopic (exact) mass is 274 g/mol. The minimum Gasteiger partial charge on any atom is -0.369 e. The molecule has 0 bridgehead atoms. The Morgan fingerprint density at radius 3 is 2.35 bits per heavy atom. The van der Waals surface area contributed by atoms with E-state index in [2.05, 4.69) is 0 Å². The first-order chi connectivity index (χ1) is 9.63. The Morgan fingerprint density at radius 2 is 1.85 bits per heavy atom. The van der Waals surface area contributed by atoms with Gasteiger partial charge in [-0.2, -0.15) is 0 Å². The highest BCUT2D eigenvalue weighted by Gasteiger charge is 2.30. The van der Waals surface area contributed by atoms with E-state index in [1.165, 1.54) is 0 Å². The zero-order chi connectivity index (χ0) is 14.5. The largest absolute Gasteiger partial charge is 0.369 e. The number of piperidine rings is 1. The molecule has 1 aromatic rings. The van der Waals surface area contributed by atoms with E-state index in [1.54, 1.807) is 0 Å². The number of primary amides is 1. The molecule has 0 aliphatic carbocycles. The molecule has 108 valence electrons. The van der Waals surface area contributed by atoms with Gasteiger partial charge in [-0.15, -0.1) is 0 Å². The first-order valence-electron chi connectivity index (χ1n) is 7.27. The normalized spacial score (nSPS) is 17.8. The Balaban J connectivity index is 1.94. The topological polar surface area (TPSA) is 63.4 Å². The van der Waals surface area contributed by atoms with Gasteiger partial charge >= 0.3 is 0 Å². The van der Waals surface area contributed by atoms with Crippen molar-refractivity contribution in [2.75, 3.05) is 13.1 Å². The number of carbonyl (C=O) groups excluding carboxylic acids is 2. The lowest BCUT2D eigenvalue weighted by molar-refractivity contribution is -0.124. The predicted molar refractivity (Wildman–Crippen MR) is 78.0 cm³/mol. The van der Waals surface area contributed by atoms with Gasteiger partial charge < -0.3 is 10.6 Å². The molecule has 1 aliphatic rings. The van der Waals surface area contributed by atoms with Gasteiger partial charge in [-0.3, -0.25) is 9.59 Å². The number of benzene rings is 1. The van der Waals surface area contributed by atoms with Crippen LogP contribution >= 0.6 is 0 Å². The molecule has 1 aliphatic heterocycles. The maximum atomic E-state index is 12.3. The third-order valence-corrected chi connectivity index (χ3v) is 4.22. The summed E-state index contributed by atoms with van der Waals surface area (Å²) >= 11 is 0. The second-order valence-electron chi connectivity index (χ2n) is 5.41. The zero-order valence-electron chi connectivity index (χ0n) is 11.9. The molecule has 0 spiro atoms. The maximum Gasteiger partial charge on any atom is 0.253 e. The molecule has 1 atom stereocenters. The van der Waals surface area contributed by atoms with Gasteiger partial charge in [0.2, 0.25) is 5.91 Å². The molecule has 4 nitrogen and oxygen atoms in total. The highest BCUT2D eigenvalue weighted by atomic mass is 16.2. The maximum absolute atomic E-state index is 12.3. The van der Waals surface area contributed by atoms with Crippen LogP contribution in [-0.4, -0.2) is 29.8 Å². The van der Waals surface area contributed by atoms with Gasteiger partial charge in [0.1, 0.15) is 0 Å². The van der Waals surface area contributed by atoms with Crippen LogP contribution in [0.4, 0.5) is 0 Å². The summed E-state index contributed by atoms with van der Waals surface area (Å²) in [5.41, 5.74) is 6.17. The highest BCUT2D eigenvalue weighted by Crippen LogP contribution is 2.27. The average Bonchev–Trinajstić information content (AvgIpc) is 2.48. The van der Waals surface area contributed by atoms with Crippen molar-refractivity contribution in [3.05, 3.63) is 35.9 Å². The van der Waals surface area contributed by atoms with Crippen LogP contribution in [0.3, 0.4) is 0 Å². The van der Waals surface area contributed by atoms with E-state index in [9.17, 15) is 9.59 Å². The van der Waals surface area contributed by atoms with Crippen LogP contribution in [-0.2, 0) is 4.79 Å². The Kier molecular flexibility index (Phi) is 4.77. The van der Waals surface area contributed by atoms with Crippen molar-refractivity contribution < 1.29 is 9.59 Å². The Labute approximate surface area is 119 Å². The van der Waals surface area contributed by atoms with Crippen LogP contribution in [0, 0.1) is 11.8 Å². The van der Waals surface area contributed by atoms with Crippen LogP contribution in [0.2, 0.25) is 0 Å². The summed E-state index contributed by atoms with van der Waals surface area (Å²) in [5.74, 6) is 0.137. The molecule has 4 heteroatoms. The number of amides is 2. The van der Waals surface area contributed by atoms with Crippen LogP contribution in [0.5, 0.6) is 0 Å². The third kappa shape index (κ3) is 3.18. The summed E-state index contributed by atoms with van der Waals surface area (Å²) in [7, 11) is 0. The first-order valence-corrected chi connectivity index (χ1v) is 7.27. The van der Waals surface area contributed by atoms with Crippen molar-refractivity contribution in [1.82, 2.24) is 4.90 Å². The van der Waals surface area contributed by atoms with Crippen molar-refractivity contribution in [1.29, 1.82) is 0 Å². The summed E-state index contributed by atoms with van der Waals surface area (Å²) in [5, 5.41) is 0. The zero-order valence-corrected chi connectivity index (χ0v) is 11.9. The molecule has 2 rings (SSSR count). The van der Waals surface area contributed by atoms with Gasteiger partial charge in [0.05, 0.1) is 0 Å². The van der Waals surface area contributed by atoms with E-state index < -0.39 is 0 Å². The van der Waals surface area contributed by atoms with E-state index in [0.29, 0.717) is 19.0 Å². The van der Waals surface area contributed by atoms with Crippen LogP contribution < -0.4 is 5.73 Å². The van der Waals surface area contributed by atoms with Crippen molar-refractivity contribution in [3.63, 3.8) is 0 Å². The van der Waals surface area contributed by atoms with Crippen molar-refractivity contribution in [2.24, 2.45) is 17.6 Å². The molecule has 0 saturated carbocycles. The van der Waals surface area contributed by atoms with Crippen LogP contribution in [0.1, 0.15) is 36.5 Å². The summed E-state index contributed by atoms with van der Waals surface area (Å²) in [6.07, 6.45) is 2.51. The molecule has 2 amide bonds. The number of carbonyl (C=O) groups is 2. The van der Waals surface area contributed by atoms with Gasteiger partial charge in [-0.25, -0.2) is 0 Å². The molecule has 20 heavy (non-hydrogen) atoms. The molecule has 1 aromatic carbocycles. The fourth-order valence-electron chi connectivity index (χ4n) is 3.04. The summed E-state index contributed by atoms with van der Waals surface area (Å²) in [6, 6.07) is 9.33. The van der Waals surface area contributed by atoms with Crippen molar-refractivity contribution in [2.45, 2.75) is 26.2 Å². The van der Waals surface area contributed by atoms with Gasteiger partial charge in [0.25, 0.3) is 5.91 Å². The van der Waals surface area contributed by atoms with Crippen molar-refractivity contribution >= 4 is 11.8 Å². The molecule has 0 aromatic heterocycles. The number of nitrogens with two attached hydrogens (primary N) is 1. The smallest absolute Gasteiger partial charge is 0.253 e. The lowest BCUT2D eigenvalue weighted by Gasteiger charge is -2.34. The van der Waals surface area contributed by atoms with E-state index >= 15 is 0 Å². The van der Waals surface area contributed by atoms with Crippen molar-refractivity contribution in [3.8, 4) is 0 Å². The molecule has 0 radical (unpaired) electrons. The molecule has 1 unspecified atom stereocenters. The van der Waals surface area contributed by atoms with E-state index in [1.807, 2.05) is 42.2 Å². The third-order valence-electron chi connectivity index (χ3n) is 4.22. The number of rotatable bonds is 4. The fourth-order valence-corrected chi connectivity index (χ4v) is 3.04. The van der Waals surface area contributed by atoms with Gasteiger partial charge in [-0.05, 0) is 37.3 Å². The SMILES string of the molecule is CCC(C(N)=O)C1CCN(C(=O)c2ccccc2)CC1. The second kappa shape index (κ2) is 6.55. The van der Waals surface area contributed by atoms with Gasteiger partial charge in [0, 0.05) is 24.6 Å². The molecular formula is C16H22N2O2. The minimum atomic E-state index is -0.208. The lowest BCUT2D eigenvalue weighted by atomic mass is 9.82. The summed E-state index contributed by atoms with van der Waals surface area (Å²) in [4.78, 5) is 25.6. The average molecular weight is 274 g/mol. The summed E-state index contributed by atoms with van der Waals surface area (Å²) in [6.45, 7) is 3.42. The van der Waals surface area contributed by atoms with E-state index in [0.717, 1.165) is 24.8 Å². The predicted octanol–water partition coefficient (Wildman–Crippen LogP) is 2.05. The number of likely N-dealkylation sites (tertiary alicyclic amines) is 1. The minimum absolute atomic E-state index is 0.0519. The molecule has 1 fully saturated rings. The van der Waals surface area contributed by atoms with Crippen LogP contribution in [0.15, 0.2) is 30.3 Å². The standard InChI is InChI=1S/C16H22N2O2/c1-2-14(15(17)19)12-8-10-18(11-9-12)16(20)13-6-4-3-5-7-13/h3-7,12,14H,2,8-11H2,1H3,(H2,17,19). The lowest BCUT2D eigenvalue weighted by Crippen LogP contribution is -2.42. The quantitative estimate of drug-likeness (QED) is 0.913. The molecule has 1 heterocycles. The van der Waals surface area contributed by atoms with Gasteiger partial charge in [0.15, 0.2) is 0 Å². The summed E-state index contributed by atoms with van der Waals surface area (Å²) < 4.78 is 0. The fraction of sp³-hybridized carbons (Fsp3) is 0.500. The number of hydrogen-bond donors (Lipinski definition) is 1. The second-order valence-corrected chi connectivity index (χ2v) is 5.41. The first kappa shape index (κ1) is 14.6. The number of nitrogens with zero attached hydrogens (tertiary/aromatic N) is 1. The van der Waals surface area contributed by atoms with E-state index in [4.69, 9.17) is 5.73 Å². The number of hydrogen-bond acceptors (Lipinski definition) is 2. The Hall–Kier alpha value is -1.84. The highest BCUT2D eigenvalue weighted by molar-refractivity contribution is 5.94. The molecular weight excluding hydrogens is 252 g/mol. The Bertz CT molecular complexity index is 465. The van der Waals surface area contributed by atoms with Crippen LogP contribution in [0.25, 0.3) is 0 Å². The molecule has 2 N–H and O–H groups in total. The van der Waals surface area contributed by atoms with E-state index in [-0.39, 0.29) is 17.7 Å².